The minimum atomic E-state index is -4.65. The van der Waals surface area contributed by atoms with Crippen molar-refractivity contribution in [3.8, 4) is 0 Å². The first-order chi connectivity index (χ1) is 10.0. The van der Waals surface area contributed by atoms with Gasteiger partial charge in [0, 0.05) is 13.1 Å². The fourth-order valence-corrected chi connectivity index (χ4v) is 4.09. The number of carboxylic acid groups (broad SMARTS) is 1. The summed E-state index contributed by atoms with van der Waals surface area (Å²) in [6.07, 6.45) is -4.50. The molecule has 122 valence electrons. The maximum Gasteiger partial charge on any atom is 0.416 e. The minimum absolute atomic E-state index is 0.0189. The average Bonchev–Trinajstić information content (AvgIpc) is 2.87. The molecule has 1 heterocycles. The van der Waals surface area contributed by atoms with E-state index in [1.54, 1.807) is 0 Å². The molecule has 0 aliphatic carbocycles. The number of nitrogens with zero attached hydrogens (tertiary/aromatic N) is 1. The van der Waals surface area contributed by atoms with E-state index >= 15 is 0 Å². The van der Waals surface area contributed by atoms with Gasteiger partial charge in [0.2, 0.25) is 10.0 Å². The minimum Gasteiger partial charge on any atom is -0.481 e. The molecule has 1 unspecified atom stereocenters. The lowest BCUT2D eigenvalue weighted by Gasteiger charge is -2.18. The SMILES string of the molecule is Cc1ccc(C(F)(F)F)cc1S(=O)(=O)N1CCC(C(=O)O)C1. The first kappa shape index (κ1) is 16.8. The maximum atomic E-state index is 12.7. The van der Waals surface area contributed by atoms with Crippen LogP contribution in [0.25, 0.3) is 0 Å². The van der Waals surface area contributed by atoms with E-state index in [4.69, 9.17) is 5.11 Å². The van der Waals surface area contributed by atoms with E-state index in [0.29, 0.717) is 6.07 Å². The Labute approximate surface area is 125 Å². The van der Waals surface area contributed by atoms with Crippen molar-refractivity contribution in [1.29, 1.82) is 0 Å². The second-order valence-electron chi connectivity index (χ2n) is 5.16. The molecule has 2 rings (SSSR count). The summed E-state index contributed by atoms with van der Waals surface area (Å²) in [6.45, 7) is 1.15. The lowest BCUT2D eigenvalue weighted by Crippen LogP contribution is -2.30. The number of carboxylic acids is 1. The summed E-state index contributed by atoms with van der Waals surface area (Å²) < 4.78 is 64.1. The number of benzene rings is 1. The third-order valence-corrected chi connectivity index (χ3v) is 5.64. The van der Waals surface area contributed by atoms with Crippen molar-refractivity contribution in [3.05, 3.63) is 29.3 Å². The number of aryl methyl sites for hydroxylation is 1. The zero-order valence-electron chi connectivity index (χ0n) is 11.6. The molecule has 1 aromatic rings. The highest BCUT2D eigenvalue weighted by Gasteiger charge is 2.38. The largest absolute Gasteiger partial charge is 0.481 e. The molecular weight excluding hydrogens is 323 g/mol. The molecule has 1 N–H and O–H groups in total. The molecule has 0 saturated carbocycles. The van der Waals surface area contributed by atoms with Gasteiger partial charge >= 0.3 is 12.1 Å². The fraction of sp³-hybridized carbons (Fsp3) is 0.462. The number of aliphatic carboxylic acids is 1. The molecule has 1 aromatic carbocycles. The third kappa shape index (κ3) is 3.09. The van der Waals surface area contributed by atoms with Crippen LogP contribution < -0.4 is 0 Å². The van der Waals surface area contributed by atoms with E-state index in [2.05, 4.69) is 0 Å². The number of hydrogen-bond acceptors (Lipinski definition) is 3. The molecule has 0 aromatic heterocycles. The molecule has 1 atom stereocenters. The van der Waals surface area contributed by atoms with Crippen molar-refractivity contribution in [2.45, 2.75) is 24.4 Å². The van der Waals surface area contributed by atoms with Crippen LogP contribution >= 0.6 is 0 Å². The molecule has 1 aliphatic heterocycles. The van der Waals surface area contributed by atoms with Crippen molar-refractivity contribution >= 4 is 16.0 Å². The van der Waals surface area contributed by atoms with Gasteiger partial charge in [-0.05, 0) is 31.0 Å². The summed E-state index contributed by atoms with van der Waals surface area (Å²) in [6, 6.07) is 2.51. The van der Waals surface area contributed by atoms with E-state index in [0.717, 1.165) is 16.4 Å². The van der Waals surface area contributed by atoms with Crippen LogP contribution in [-0.2, 0) is 21.0 Å². The number of carbonyl (C=O) groups is 1. The van der Waals surface area contributed by atoms with Crippen molar-refractivity contribution < 1.29 is 31.5 Å². The van der Waals surface area contributed by atoms with E-state index < -0.39 is 38.5 Å². The third-order valence-electron chi connectivity index (χ3n) is 3.63. The first-order valence-corrected chi connectivity index (χ1v) is 7.88. The topological polar surface area (TPSA) is 74.7 Å². The molecule has 1 fully saturated rings. The molecule has 0 amide bonds. The van der Waals surface area contributed by atoms with Gasteiger partial charge in [-0.1, -0.05) is 6.07 Å². The molecular formula is C13H14F3NO4S. The van der Waals surface area contributed by atoms with E-state index in [1.807, 2.05) is 0 Å². The monoisotopic (exact) mass is 337 g/mol. The lowest BCUT2D eigenvalue weighted by atomic mass is 10.1. The number of sulfonamides is 1. The Bertz CT molecular complexity index is 700. The highest BCUT2D eigenvalue weighted by Crippen LogP contribution is 2.33. The van der Waals surface area contributed by atoms with Gasteiger partial charge in [0.15, 0.2) is 0 Å². The van der Waals surface area contributed by atoms with Gasteiger partial charge in [0.1, 0.15) is 0 Å². The smallest absolute Gasteiger partial charge is 0.416 e. The van der Waals surface area contributed by atoms with E-state index in [9.17, 15) is 26.4 Å². The van der Waals surface area contributed by atoms with Gasteiger partial charge in [-0.15, -0.1) is 0 Å². The zero-order chi connectivity index (χ0) is 16.7. The highest BCUT2D eigenvalue weighted by atomic mass is 32.2. The van der Waals surface area contributed by atoms with Crippen LogP contribution in [0.3, 0.4) is 0 Å². The van der Waals surface area contributed by atoms with Crippen LogP contribution in [0.2, 0.25) is 0 Å². The van der Waals surface area contributed by atoms with Gasteiger partial charge < -0.3 is 5.11 Å². The predicted octanol–water partition coefficient (Wildman–Crippen LogP) is 2.11. The van der Waals surface area contributed by atoms with Gasteiger partial charge in [0.25, 0.3) is 0 Å². The number of rotatable bonds is 3. The number of alkyl halides is 3. The fourth-order valence-electron chi connectivity index (χ4n) is 2.34. The average molecular weight is 337 g/mol. The zero-order valence-corrected chi connectivity index (χ0v) is 12.4. The normalized spacial score (nSPS) is 20.3. The summed E-state index contributed by atoms with van der Waals surface area (Å²) in [4.78, 5) is 10.5. The molecule has 22 heavy (non-hydrogen) atoms. The first-order valence-electron chi connectivity index (χ1n) is 6.44. The van der Waals surface area contributed by atoms with Crippen molar-refractivity contribution in [3.63, 3.8) is 0 Å². The Morgan fingerprint density at radius 3 is 2.50 bits per heavy atom. The second kappa shape index (κ2) is 5.54. The molecule has 1 aliphatic rings. The molecule has 5 nitrogen and oxygen atoms in total. The predicted molar refractivity (Wildman–Crippen MR) is 70.7 cm³/mol. The van der Waals surface area contributed by atoms with Crippen molar-refractivity contribution in [2.24, 2.45) is 5.92 Å². The van der Waals surface area contributed by atoms with Crippen LogP contribution in [0.5, 0.6) is 0 Å². The summed E-state index contributed by atoms with van der Waals surface area (Å²) >= 11 is 0. The Morgan fingerprint density at radius 2 is 2.00 bits per heavy atom. The second-order valence-corrected chi connectivity index (χ2v) is 7.07. The van der Waals surface area contributed by atoms with Gasteiger partial charge in [-0.2, -0.15) is 17.5 Å². The molecule has 1 saturated heterocycles. The van der Waals surface area contributed by atoms with Crippen LogP contribution in [0.1, 0.15) is 17.5 Å². The van der Waals surface area contributed by atoms with E-state index in [-0.39, 0.29) is 25.1 Å². The Morgan fingerprint density at radius 1 is 1.36 bits per heavy atom. The van der Waals surface area contributed by atoms with Crippen LogP contribution in [0.4, 0.5) is 13.2 Å². The number of halogens is 3. The van der Waals surface area contributed by atoms with Crippen molar-refractivity contribution in [2.75, 3.05) is 13.1 Å². The van der Waals surface area contributed by atoms with Crippen LogP contribution in [-0.4, -0.2) is 36.9 Å². The van der Waals surface area contributed by atoms with Crippen LogP contribution in [0.15, 0.2) is 23.1 Å². The summed E-state index contributed by atoms with van der Waals surface area (Å²) in [7, 11) is -4.15. The van der Waals surface area contributed by atoms with Crippen molar-refractivity contribution in [1.82, 2.24) is 4.31 Å². The van der Waals surface area contributed by atoms with Gasteiger partial charge in [0.05, 0.1) is 16.4 Å². The van der Waals surface area contributed by atoms with Gasteiger partial charge in [-0.25, -0.2) is 8.42 Å². The highest BCUT2D eigenvalue weighted by molar-refractivity contribution is 7.89. The summed E-state index contributed by atoms with van der Waals surface area (Å²) in [5.74, 6) is -1.95. The Balaban J connectivity index is 2.40. The molecule has 9 heteroatoms. The van der Waals surface area contributed by atoms with Gasteiger partial charge in [-0.3, -0.25) is 4.79 Å². The van der Waals surface area contributed by atoms with Crippen LogP contribution in [0, 0.1) is 12.8 Å². The standard InChI is InChI=1S/C13H14F3NO4S/c1-8-2-3-10(13(14,15)16)6-11(8)22(20,21)17-5-4-9(7-17)12(18)19/h2-3,6,9H,4-5,7H2,1H3,(H,18,19). The maximum absolute atomic E-state index is 12.7. The quantitative estimate of drug-likeness (QED) is 0.917. The molecule has 0 spiro atoms. The molecule has 0 radical (unpaired) electrons. The summed E-state index contributed by atoms with van der Waals surface area (Å²) in [5.41, 5.74) is -0.863. The number of hydrogen-bond donors (Lipinski definition) is 1. The Kier molecular flexibility index (Phi) is 4.22. The Hall–Kier alpha value is -1.61. The molecule has 0 bridgehead atoms. The van der Waals surface area contributed by atoms with E-state index in [1.165, 1.54) is 6.92 Å². The summed E-state index contributed by atoms with van der Waals surface area (Å²) in [5, 5.41) is 8.90. The lowest BCUT2D eigenvalue weighted by molar-refractivity contribution is -0.141.